The van der Waals surface area contributed by atoms with Crippen molar-refractivity contribution in [1.29, 1.82) is 0 Å². The predicted octanol–water partition coefficient (Wildman–Crippen LogP) is 5.30. The number of halogens is 3. The third-order valence-corrected chi connectivity index (χ3v) is 8.12. The van der Waals surface area contributed by atoms with E-state index in [1.54, 1.807) is 32.6 Å². The molecule has 4 aromatic heterocycles. The maximum atomic E-state index is 13.3. The number of nitrogens with one attached hydrogen (secondary N) is 1. The molecule has 44 heavy (non-hydrogen) atoms. The summed E-state index contributed by atoms with van der Waals surface area (Å²) in [7, 11) is 3.13. The molecule has 0 spiro atoms. The molecule has 0 bridgehead atoms. The van der Waals surface area contributed by atoms with E-state index in [9.17, 15) is 13.2 Å². The molecule has 1 aliphatic heterocycles. The minimum atomic E-state index is -4.51. The van der Waals surface area contributed by atoms with Crippen molar-refractivity contribution < 1.29 is 22.6 Å². The van der Waals surface area contributed by atoms with E-state index in [0.717, 1.165) is 43.1 Å². The molecule has 5 heterocycles. The number of benzene rings is 1. The zero-order valence-electron chi connectivity index (χ0n) is 24.2. The van der Waals surface area contributed by atoms with Crippen molar-refractivity contribution in [2.75, 3.05) is 25.2 Å². The van der Waals surface area contributed by atoms with Crippen molar-refractivity contribution in [2.24, 2.45) is 7.05 Å². The standard InChI is InChI=1S/C30H30F3N9O2/c1-41-14-21(30(31,32)33)38-27(41)19-5-3-17(4-6-19)13-42(20-9-11-44-12-10-20)28-24-26(36-15-35-24)39-25(40-28)22-23(18-7-8-18)34-16-37-29(22)43-2/h3-6,14-16,18,20H,7-13H2,1-2H3,(H,35,36,39,40). The Morgan fingerprint density at radius 1 is 1.02 bits per heavy atom. The van der Waals surface area contributed by atoms with Gasteiger partial charge in [-0.25, -0.2) is 29.9 Å². The number of hydrogen-bond donors (Lipinski definition) is 1. The third kappa shape index (κ3) is 5.34. The lowest BCUT2D eigenvalue weighted by molar-refractivity contribution is -0.140. The van der Waals surface area contributed by atoms with Crippen LogP contribution in [0.1, 0.15) is 48.6 Å². The summed E-state index contributed by atoms with van der Waals surface area (Å²) in [6, 6.07) is 7.53. The summed E-state index contributed by atoms with van der Waals surface area (Å²) in [5.41, 5.74) is 3.39. The van der Waals surface area contributed by atoms with Crippen molar-refractivity contribution in [1.82, 2.24) is 39.5 Å². The van der Waals surface area contributed by atoms with E-state index in [4.69, 9.17) is 19.4 Å². The SMILES string of the molecule is COc1ncnc(C2CC2)c1-c1nc(N(Cc2ccc(-c3nc(C(F)(F)F)cn3C)cc2)C2CCOCC2)c2[nH]cnc2n1. The van der Waals surface area contributed by atoms with Crippen LogP contribution in [0, 0.1) is 0 Å². The lowest BCUT2D eigenvalue weighted by atomic mass is 10.0. The smallest absolute Gasteiger partial charge is 0.434 e. The lowest BCUT2D eigenvalue weighted by Crippen LogP contribution is -2.40. The number of fused-ring (bicyclic) bond motifs is 1. The maximum absolute atomic E-state index is 13.3. The minimum Gasteiger partial charge on any atom is -0.480 e. The Kier molecular flexibility index (Phi) is 7.15. The second-order valence-corrected chi connectivity index (χ2v) is 11.1. The molecule has 11 nitrogen and oxygen atoms in total. The van der Waals surface area contributed by atoms with Gasteiger partial charge >= 0.3 is 6.18 Å². The Bertz CT molecular complexity index is 1790. The number of rotatable bonds is 8. The van der Waals surface area contributed by atoms with E-state index in [0.29, 0.717) is 65.5 Å². The molecule has 1 saturated heterocycles. The fourth-order valence-electron chi connectivity index (χ4n) is 5.75. The number of ether oxygens (including phenoxy) is 2. The van der Waals surface area contributed by atoms with E-state index in [-0.39, 0.29) is 11.9 Å². The molecule has 1 aliphatic carbocycles. The summed E-state index contributed by atoms with van der Waals surface area (Å²) in [6.45, 7) is 1.73. The van der Waals surface area contributed by atoms with Gasteiger partial charge in [-0.1, -0.05) is 24.3 Å². The Labute approximate surface area is 250 Å². The average Bonchev–Trinajstić information content (AvgIpc) is 3.63. The van der Waals surface area contributed by atoms with Gasteiger partial charge in [0, 0.05) is 50.5 Å². The van der Waals surface area contributed by atoms with Gasteiger partial charge in [0.1, 0.15) is 23.2 Å². The van der Waals surface area contributed by atoms with Crippen molar-refractivity contribution in [2.45, 2.75) is 50.4 Å². The fourth-order valence-corrected chi connectivity index (χ4v) is 5.75. The van der Waals surface area contributed by atoms with Crippen LogP contribution in [-0.4, -0.2) is 65.8 Å². The van der Waals surface area contributed by atoms with Gasteiger partial charge in [0.25, 0.3) is 0 Å². The first-order chi connectivity index (χ1) is 21.3. The summed E-state index contributed by atoms with van der Waals surface area (Å²) in [5, 5.41) is 0. The van der Waals surface area contributed by atoms with E-state index < -0.39 is 11.9 Å². The number of methoxy groups -OCH3 is 1. The quantitative estimate of drug-likeness (QED) is 0.251. The number of aromatic amines is 1. The predicted molar refractivity (Wildman–Crippen MR) is 155 cm³/mol. The number of anilines is 1. The molecule has 0 radical (unpaired) electrons. The number of imidazole rings is 2. The first kappa shape index (κ1) is 28.2. The van der Waals surface area contributed by atoms with Gasteiger partial charge in [-0.05, 0) is 31.2 Å². The summed E-state index contributed by atoms with van der Waals surface area (Å²) in [4.78, 5) is 32.6. The molecule has 5 aromatic rings. The first-order valence-corrected chi connectivity index (χ1v) is 14.4. The Balaban J connectivity index is 1.28. The highest BCUT2D eigenvalue weighted by Gasteiger charge is 2.35. The van der Waals surface area contributed by atoms with Crippen LogP contribution in [-0.2, 0) is 24.5 Å². The second kappa shape index (κ2) is 11.2. The van der Waals surface area contributed by atoms with Gasteiger partial charge in [-0.2, -0.15) is 13.2 Å². The van der Waals surface area contributed by atoms with Gasteiger partial charge in [-0.15, -0.1) is 0 Å². The molecule has 2 fully saturated rings. The van der Waals surface area contributed by atoms with Gasteiger partial charge in [-0.3, -0.25) is 0 Å². The third-order valence-electron chi connectivity index (χ3n) is 8.12. The second-order valence-electron chi connectivity index (χ2n) is 11.1. The highest BCUT2D eigenvalue weighted by atomic mass is 19.4. The molecule has 1 saturated carbocycles. The molecule has 0 atom stereocenters. The van der Waals surface area contributed by atoms with Crippen LogP contribution in [0.5, 0.6) is 5.88 Å². The number of H-pyrrole nitrogens is 1. The average molecular weight is 606 g/mol. The van der Waals surface area contributed by atoms with E-state index in [2.05, 4.69) is 29.8 Å². The molecule has 0 amide bonds. The summed E-state index contributed by atoms with van der Waals surface area (Å²) in [5.74, 6) is 2.10. The van der Waals surface area contributed by atoms with Crippen molar-refractivity contribution in [3.05, 3.63) is 60.1 Å². The van der Waals surface area contributed by atoms with Crippen molar-refractivity contribution >= 4 is 17.0 Å². The monoisotopic (exact) mass is 605 g/mol. The number of aromatic nitrogens is 8. The zero-order chi connectivity index (χ0) is 30.4. The number of hydrogen-bond acceptors (Lipinski definition) is 9. The van der Waals surface area contributed by atoms with Crippen LogP contribution in [0.2, 0.25) is 0 Å². The largest absolute Gasteiger partial charge is 0.480 e. The zero-order valence-corrected chi connectivity index (χ0v) is 24.2. The Morgan fingerprint density at radius 3 is 2.48 bits per heavy atom. The molecule has 1 aromatic carbocycles. The van der Waals surface area contributed by atoms with Gasteiger partial charge < -0.3 is 23.9 Å². The summed E-state index contributed by atoms with van der Waals surface area (Å²) < 4.78 is 52.5. The van der Waals surface area contributed by atoms with Crippen molar-refractivity contribution in [3.63, 3.8) is 0 Å². The first-order valence-electron chi connectivity index (χ1n) is 14.4. The molecule has 7 rings (SSSR count). The van der Waals surface area contributed by atoms with Crippen molar-refractivity contribution in [3.8, 4) is 28.7 Å². The van der Waals surface area contributed by atoms with Crippen LogP contribution in [0.25, 0.3) is 33.9 Å². The molecule has 14 heteroatoms. The molecule has 0 unspecified atom stereocenters. The Morgan fingerprint density at radius 2 is 1.80 bits per heavy atom. The van der Waals surface area contributed by atoms with E-state index in [1.165, 1.54) is 10.9 Å². The topological polar surface area (TPSA) is 120 Å². The number of aryl methyl sites for hydroxylation is 1. The molecule has 228 valence electrons. The molecule has 1 N–H and O–H groups in total. The molecular weight excluding hydrogens is 575 g/mol. The minimum absolute atomic E-state index is 0.110. The van der Waals surface area contributed by atoms with Crippen LogP contribution in [0.3, 0.4) is 0 Å². The number of nitrogens with zero attached hydrogens (tertiary/aromatic N) is 8. The van der Waals surface area contributed by atoms with Crippen LogP contribution in [0.15, 0.2) is 43.1 Å². The van der Waals surface area contributed by atoms with Gasteiger partial charge in [0.05, 0.1) is 19.1 Å². The maximum Gasteiger partial charge on any atom is 0.434 e. The Hall–Kier alpha value is -4.59. The number of alkyl halides is 3. The van der Waals surface area contributed by atoms with E-state index in [1.807, 2.05) is 12.1 Å². The summed E-state index contributed by atoms with van der Waals surface area (Å²) in [6.07, 6.45) is 3.26. The molecule has 2 aliphatic rings. The highest BCUT2D eigenvalue weighted by Crippen LogP contribution is 2.45. The normalized spacial score (nSPS) is 16.0. The van der Waals surface area contributed by atoms with Crippen LogP contribution < -0.4 is 9.64 Å². The fraction of sp³-hybridized carbons (Fsp3) is 0.400. The van der Waals surface area contributed by atoms with Gasteiger partial charge in [0.2, 0.25) is 5.88 Å². The lowest BCUT2D eigenvalue weighted by Gasteiger charge is -2.35. The van der Waals surface area contributed by atoms with Crippen LogP contribution >= 0.6 is 0 Å². The van der Waals surface area contributed by atoms with Crippen LogP contribution in [0.4, 0.5) is 19.0 Å². The van der Waals surface area contributed by atoms with E-state index >= 15 is 0 Å². The highest BCUT2D eigenvalue weighted by molar-refractivity contribution is 5.86. The van der Waals surface area contributed by atoms with Gasteiger partial charge in [0.15, 0.2) is 23.0 Å². The summed E-state index contributed by atoms with van der Waals surface area (Å²) >= 11 is 0. The molecular formula is C30H30F3N9O2.